The molecule has 0 amide bonds. The first-order valence-electron chi connectivity index (χ1n) is 5.49. The molecule has 1 unspecified atom stereocenters. The van der Waals surface area contributed by atoms with Gasteiger partial charge in [-0.15, -0.1) is 11.3 Å². The third-order valence-corrected chi connectivity index (χ3v) is 4.02. The second-order valence-electron chi connectivity index (χ2n) is 3.78. The predicted molar refractivity (Wildman–Crippen MR) is 67.8 cm³/mol. The van der Waals surface area contributed by atoms with Crippen LogP contribution in [0.5, 0.6) is 0 Å². The molecule has 2 rings (SSSR count). The number of hydrogen-bond acceptors (Lipinski definition) is 3. The number of thiophene rings is 1. The summed E-state index contributed by atoms with van der Waals surface area (Å²) >= 11 is 1.86. The van der Waals surface area contributed by atoms with Gasteiger partial charge >= 0.3 is 0 Å². The lowest BCUT2D eigenvalue weighted by atomic mass is 10.2. The molecule has 0 bridgehead atoms. The molecule has 0 aromatic carbocycles. The summed E-state index contributed by atoms with van der Waals surface area (Å²) in [6, 6.07) is 4.59. The van der Waals surface area contributed by atoms with E-state index in [1.165, 1.54) is 9.75 Å². The fourth-order valence-electron chi connectivity index (χ4n) is 1.79. The average Bonchev–Trinajstić information content (AvgIpc) is 2.90. The Morgan fingerprint density at radius 3 is 2.81 bits per heavy atom. The second kappa shape index (κ2) is 4.80. The van der Waals surface area contributed by atoms with Crippen LogP contribution >= 0.6 is 11.3 Å². The summed E-state index contributed by atoms with van der Waals surface area (Å²) in [4.78, 5) is 7.15. The Balaban J connectivity index is 2.32. The van der Waals surface area contributed by atoms with Gasteiger partial charge in [-0.05, 0) is 25.6 Å². The van der Waals surface area contributed by atoms with Crippen molar-refractivity contribution in [3.05, 3.63) is 40.1 Å². The summed E-state index contributed by atoms with van der Waals surface area (Å²) < 4.78 is 2.06. The van der Waals surface area contributed by atoms with Crippen molar-refractivity contribution in [2.75, 3.05) is 7.05 Å². The average molecular weight is 235 g/mol. The first-order valence-corrected chi connectivity index (χ1v) is 6.31. The molecule has 0 aliphatic heterocycles. The summed E-state index contributed by atoms with van der Waals surface area (Å²) in [7, 11) is 4.01. The van der Waals surface area contributed by atoms with Gasteiger partial charge in [0.25, 0.3) is 0 Å². The van der Waals surface area contributed by atoms with Crippen LogP contribution in [0.2, 0.25) is 0 Å². The minimum atomic E-state index is 0.199. The molecule has 2 heterocycles. The maximum absolute atomic E-state index is 4.41. The van der Waals surface area contributed by atoms with E-state index in [0.29, 0.717) is 0 Å². The van der Waals surface area contributed by atoms with Crippen molar-refractivity contribution in [2.45, 2.75) is 19.4 Å². The number of nitrogens with one attached hydrogen (secondary N) is 1. The van der Waals surface area contributed by atoms with Crippen LogP contribution in [0.25, 0.3) is 0 Å². The van der Waals surface area contributed by atoms with Gasteiger partial charge in [-0.1, -0.05) is 6.92 Å². The van der Waals surface area contributed by atoms with Gasteiger partial charge in [-0.3, -0.25) is 0 Å². The SMILES string of the molecule is CCc1ccc(C(NC)c2nccn2C)s1. The fourth-order valence-corrected chi connectivity index (χ4v) is 2.85. The predicted octanol–water partition coefficient (Wildman–Crippen LogP) is 2.35. The summed E-state index contributed by atoms with van der Waals surface area (Å²) in [6.45, 7) is 2.19. The van der Waals surface area contributed by atoms with Gasteiger partial charge in [0.05, 0.1) is 0 Å². The van der Waals surface area contributed by atoms with E-state index in [1.807, 2.05) is 37.8 Å². The van der Waals surface area contributed by atoms with E-state index in [2.05, 4.69) is 33.9 Å². The van der Waals surface area contributed by atoms with Gasteiger partial charge in [0.15, 0.2) is 0 Å². The minimum Gasteiger partial charge on any atom is -0.336 e. The smallest absolute Gasteiger partial charge is 0.131 e. The normalized spacial score (nSPS) is 12.9. The zero-order valence-corrected chi connectivity index (χ0v) is 10.7. The van der Waals surface area contributed by atoms with Crippen molar-refractivity contribution in [3.63, 3.8) is 0 Å². The molecule has 0 radical (unpaired) electrons. The van der Waals surface area contributed by atoms with Crippen LogP contribution in [0, 0.1) is 0 Å². The molecule has 0 aliphatic carbocycles. The van der Waals surface area contributed by atoms with E-state index < -0.39 is 0 Å². The Morgan fingerprint density at radius 2 is 2.31 bits per heavy atom. The highest BCUT2D eigenvalue weighted by atomic mass is 32.1. The van der Waals surface area contributed by atoms with E-state index in [9.17, 15) is 0 Å². The van der Waals surface area contributed by atoms with Crippen molar-refractivity contribution in [1.29, 1.82) is 0 Å². The summed E-state index contributed by atoms with van der Waals surface area (Å²) in [6.07, 6.45) is 4.92. The largest absolute Gasteiger partial charge is 0.336 e. The monoisotopic (exact) mass is 235 g/mol. The van der Waals surface area contributed by atoms with E-state index in [0.717, 1.165) is 12.2 Å². The number of aromatic nitrogens is 2. The van der Waals surface area contributed by atoms with E-state index in [4.69, 9.17) is 0 Å². The second-order valence-corrected chi connectivity index (χ2v) is 4.98. The van der Waals surface area contributed by atoms with E-state index in [1.54, 1.807) is 0 Å². The molecule has 1 N–H and O–H groups in total. The molecule has 0 spiro atoms. The standard InChI is InChI=1S/C12H17N3S/c1-4-9-5-6-10(16-9)11(13-2)12-14-7-8-15(12)3/h5-8,11,13H,4H2,1-3H3. The van der Waals surface area contributed by atoms with Crippen LogP contribution in [-0.4, -0.2) is 16.6 Å². The first-order chi connectivity index (χ1) is 7.76. The highest BCUT2D eigenvalue weighted by Gasteiger charge is 2.17. The van der Waals surface area contributed by atoms with Crippen molar-refractivity contribution in [1.82, 2.24) is 14.9 Å². The molecule has 0 fully saturated rings. The van der Waals surface area contributed by atoms with E-state index >= 15 is 0 Å². The molecule has 0 aliphatic rings. The van der Waals surface area contributed by atoms with Crippen LogP contribution in [0.15, 0.2) is 24.5 Å². The molecule has 2 aromatic heterocycles. The van der Waals surface area contributed by atoms with Gasteiger partial charge in [-0.2, -0.15) is 0 Å². The van der Waals surface area contributed by atoms with Crippen LogP contribution in [-0.2, 0) is 13.5 Å². The number of hydrogen-bond donors (Lipinski definition) is 1. The molecular weight excluding hydrogens is 218 g/mol. The molecule has 1 atom stereocenters. The summed E-state index contributed by atoms with van der Waals surface area (Å²) in [5.74, 6) is 1.06. The van der Waals surface area contributed by atoms with Crippen LogP contribution in [0.1, 0.15) is 28.5 Å². The minimum absolute atomic E-state index is 0.199. The maximum atomic E-state index is 4.41. The fraction of sp³-hybridized carbons (Fsp3) is 0.417. The number of imidazole rings is 1. The van der Waals surface area contributed by atoms with Gasteiger partial charge in [0, 0.05) is 29.2 Å². The number of rotatable bonds is 4. The highest BCUT2D eigenvalue weighted by molar-refractivity contribution is 7.12. The lowest BCUT2D eigenvalue weighted by Crippen LogP contribution is -2.20. The van der Waals surface area contributed by atoms with Crippen molar-refractivity contribution in [2.24, 2.45) is 7.05 Å². The molecule has 0 saturated heterocycles. The quantitative estimate of drug-likeness (QED) is 0.881. The van der Waals surface area contributed by atoms with Gasteiger partial charge in [0.2, 0.25) is 0 Å². The molecule has 4 heteroatoms. The number of nitrogens with zero attached hydrogens (tertiary/aromatic N) is 2. The van der Waals surface area contributed by atoms with Gasteiger partial charge in [-0.25, -0.2) is 4.98 Å². The Labute approximate surface area is 100 Å². The molecule has 16 heavy (non-hydrogen) atoms. The summed E-state index contributed by atoms with van der Waals surface area (Å²) in [5, 5.41) is 3.33. The lowest BCUT2D eigenvalue weighted by molar-refractivity contribution is 0.626. The van der Waals surface area contributed by atoms with Crippen molar-refractivity contribution >= 4 is 11.3 Å². The first kappa shape index (κ1) is 11.4. The Hall–Kier alpha value is -1.13. The molecule has 3 nitrogen and oxygen atoms in total. The molecular formula is C12H17N3S. The van der Waals surface area contributed by atoms with Gasteiger partial charge < -0.3 is 9.88 Å². The highest BCUT2D eigenvalue weighted by Crippen LogP contribution is 2.27. The van der Waals surface area contributed by atoms with Crippen LogP contribution in [0.4, 0.5) is 0 Å². The van der Waals surface area contributed by atoms with Crippen molar-refractivity contribution in [3.8, 4) is 0 Å². The van der Waals surface area contributed by atoms with E-state index in [-0.39, 0.29) is 6.04 Å². The van der Waals surface area contributed by atoms with Crippen LogP contribution < -0.4 is 5.32 Å². The molecule has 0 saturated carbocycles. The van der Waals surface area contributed by atoms with Gasteiger partial charge in [0.1, 0.15) is 11.9 Å². The third-order valence-electron chi connectivity index (χ3n) is 2.72. The summed E-state index contributed by atoms with van der Waals surface area (Å²) in [5.41, 5.74) is 0. The zero-order chi connectivity index (χ0) is 11.5. The Kier molecular flexibility index (Phi) is 3.41. The molecule has 2 aromatic rings. The topological polar surface area (TPSA) is 29.9 Å². The maximum Gasteiger partial charge on any atom is 0.131 e. The third kappa shape index (κ3) is 2.03. The molecule has 86 valence electrons. The van der Waals surface area contributed by atoms with Crippen molar-refractivity contribution < 1.29 is 0 Å². The Morgan fingerprint density at radius 1 is 1.50 bits per heavy atom. The number of aryl methyl sites for hydroxylation is 2. The lowest BCUT2D eigenvalue weighted by Gasteiger charge is -2.14. The van der Waals surface area contributed by atoms with Crippen LogP contribution in [0.3, 0.4) is 0 Å². The zero-order valence-electron chi connectivity index (χ0n) is 9.90. The Bertz CT molecular complexity index is 458.